The van der Waals surface area contributed by atoms with Crippen molar-refractivity contribution >= 4 is 40.6 Å². The maximum absolute atomic E-state index is 13.8. The zero-order valence-corrected chi connectivity index (χ0v) is 20.7. The van der Waals surface area contributed by atoms with Crippen LogP contribution in [-0.2, 0) is 4.79 Å². The molecule has 1 saturated carbocycles. The number of ether oxygens (including phenoxy) is 1. The summed E-state index contributed by atoms with van der Waals surface area (Å²) in [5.74, 6) is -0.724. The molecule has 1 heterocycles. The standard InChI is InChI=1S/C24H33N5O4S/c1-4-33-17-11-9-16(10-12-17)29(24(32)21-19(25)20(22(26)30)28-34-21)18(13-14(2)3)23(31)27-15-7-5-6-8-15/h9-12,14-15,18H,4-8,13,25H2,1-3H3,(H2,26,30)(H,27,31)/t18-/m0/s1. The van der Waals surface area contributed by atoms with Gasteiger partial charge >= 0.3 is 0 Å². The Kier molecular flexibility index (Phi) is 8.49. The zero-order chi connectivity index (χ0) is 24.8. The number of rotatable bonds is 10. The Morgan fingerprint density at radius 1 is 1.21 bits per heavy atom. The molecule has 10 heteroatoms. The van der Waals surface area contributed by atoms with E-state index >= 15 is 0 Å². The first kappa shape index (κ1) is 25.5. The van der Waals surface area contributed by atoms with E-state index < -0.39 is 17.9 Å². The Balaban J connectivity index is 2.04. The Bertz CT molecular complexity index is 1010. The summed E-state index contributed by atoms with van der Waals surface area (Å²) in [5.41, 5.74) is 11.7. The smallest absolute Gasteiger partial charge is 0.272 e. The molecular formula is C24H33N5O4S. The topological polar surface area (TPSA) is 141 Å². The zero-order valence-electron chi connectivity index (χ0n) is 19.9. The largest absolute Gasteiger partial charge is 0.494 e. The highest BCUT2D eigenvalue weighted by atomic mass is 32.1. The first-order chi connectivity index (χ1) is 16.2. The van der Waals surface area contributed by atoms with Crippen LogP contribution in [0.1, 0.15) is 73.0 Å². The van der Waals surface area contributed by atoms with Crippen molar-refractivity contribution in [2.75, 3.05) is 17.2 Å². The van der Waals surface area contributed by atoms with Crippen LogP contribution in [0.2, 0.25) is 0 Å². The number of nitrogens with two attached hydrogens (primary N) is 2. The van der Waals surface area contributed by atoms with Crippen LogP contribution in [0.5, 0.6) is 5.75 Å². The maximum atomic E-state index is 13.8. The molecule has 184 valence electrons. The monoisotopic (exact) mass is 487 g/mol. The molecule has 2 aromatic rings. The molecule has 3 amide bonds. The van der Waals surface area contributed by atoms with E-state index in [1.807, 2.05) is 20.8 Å². The van der Waals surface area contributed by atoms with Gasteiger partial charge in [0.25, 0.3) is 11.8 Å². The lowest BCUT2D eigenvalue weighted by atomic mass is 9.99. The first-order valence-electron chi connectivity index (χ1n) is 11.6. The molecule has 1 atom stereocenters. The van der Waals surface area contributed by atoms with E-state index in [4.69, 9.17) is 16.2 Å². The van der Waals surface area contributed by atoms with Crippen molar-refractivity contribution in [3.63, 3.8) is 0 Å². The highest BCUT2D eigenvalue weighted by molar-refractivity contribution is 7.09. The molecule has 0 radical (unpaired) electrons. The lowest BCUT2D eigenvalue weighted by molar-refractivity contribution is -0.123. The molecule has 0 unspecified atom stereocenters. The molecular weight excluding hydrogens is 454 g/mol. The molecule has 0 bridgehead atoms. The number of nitrogen functional groups attached to an aromatic ring is 1. The van der Waals surface area contributed by atoms with Crippen LogP contribution < -0.4 is 26.4 Å². The van der Waals surface area contributed by atoms with Crippen LogP contribution >= 0.6 is 11.5 Å². The molecule has 1 aliphatic carbocycles. The van der Waals surface area contributed by atoms with Crippen molar-refractivity contribution in [1.82, 2.24) is 9.69 Å². The van der Waals surface area contributed by atoms with E-state index in [0.29, 0.717) is 24.5 Å². The van der Waals surface area contributed by atoms with Crippen LogP contribution in [0.4, 0.5) is 11.4 Å². The Morgan fingerprint density at radius 2 is 1.85 bits per heavy atom. The van der Waals surface area contributed by atoms with Gasteiger partial charge in [0.1, 0.15) is 16.7 Å². The summed E-state index contributed by atoms with van der Waals surface area (Å²) >= 11 is 0.804. The lowest BCUT2D eigenvalue weighted by Crippen LogP contribution is -2.52. The number of nitrogens with one attached hydrogen (secondary N) is 1. The summed E-state index contributed by atoms with van der Waals surface area (Å²) in [5, 5.41) is 3.14. The van der Waals surface area contributed by atoms with Crippen molar-refractivity contribution in [3.8, 4) is 5.75 Å². The average Bonchev–Trinajstić information content (AvgIpc) is 3.43. The first-order valence-corrected chi connectivity index (χ1v) is 12.4. The van der Waals surface area contributed by atoms with Crippen LogP contribution in [0.3, 0.4) is 0 Å². The van der Waals surface area contributed by atoms with Gasteiger partial charge in [-0.3, -0.25) is 19.3 Å². The minimum absolute atomic E-state index is 0.0714. The van der Waals surface area contributed by atoms with Crippen LogP contribution in [0.15, 0.2) is 24.3 Å². The summed E-state index contributed by atoms with van der Waals surface area (Å²) in [6.07, 6.45) is 4.46. The minimum atomic E-state index is -0.807. The van der Waals surface area contributed by atoms with Gasteiger partial charge in [-0.2, -0.15) is 4.37 Å². The SMILES string of the molecule is CCOc1ccc(N(C(=O)c2snc(C(N)=O)c2N)[C@@H](CC(C)C)C(=O)NC2CCCC2)cc1. The molecule has 34 heavy (non-hydrogen) atoms. The second-order valence-corrected chi connectivity index (χ2v) is 9.65. The number of hydrogen-bond donors (Lipinski definition) is 3. The fourth-order valence-electron chi connectivity index (χ4n) is 4.19. The molecule has 1 aliphatic rings. The third-order valence-electron chi connectivity index (χ3n) is 5.81. The summed E-state index contributed by atoms with van der Waals surface area (Å²) in [6.45, 7) is 6.40. The van der Waals surface area contributed by atoms with Gasteiger partial charge < -0.3 is 21.5 Å². The minimum Gasteiger partial charge on any atom is -0.494 e. The van der Waals surface area contributed by atoms with Gasteiger partial charge in [0.05, 0.1) is 12.3 Å². The summed E-state index contributed by atoms with van der Waals surface area (Å²) < 4.78 is 9.51. The number of carbonyl (C=O) groups is 3. The maximum Gasteiger partial charge on any atom is 0.272 e. The Labute approximate surface area is 204 Å². The Morgan fingerprint density at radius 3 is 2.38 bits per heavy atom. The van der Waals surface area contributed by atoms with Crippen molar-refractivity contribution in [3.05, 3.63) is 34.8 Å². The molecule has 0 aliphatic heterocycles. The van der Waals surface area contributed by atoms with Crippen molar-refractivity contribution < 1.29 is 19.1 Å². The van der Waals surface area contributed by atoms with Crippen LogP contribution in [-0.4, -0.2) is 40.8 Å². The fraction of sp³-hybridized carbons (Fsp3) is 0.500. The van der Waals surface area contributed by atoms with E-state index in [1.165, 1.54) is 4.90 Å². The fourth-order valence-corrected chi connectivity index (χ4v) is 4.93. The highest BCUT2D eigenvalue weighted by Gasteiger charge is 2.36. The van der Waals surface area contributed by atoms with Crippen molar-refractivity contribution in [2.45, 2.75) is 65.0 Å². The number of benzene rings is 1. The number of hydrogen-bond acceptors (Lipinski definition) is 7. The average molecular weight is 488 g/mol. The number of anilines is 2. The Hall–Kier alpha value is -3.14. The molecule has 0 saturated heterocycles. The van der Waals surface area contributed by atoms with Crippen molar-refractivity contribution in [1.29, 1.82) is 0 Å². The quantitative estimate of drug-likeness (QED) is 0.469. The highest BCUT2D eigenvalue weighted by Crippen LogP contribution is 2.31. The third-order valence-corrected chi connectivity index (χ3v) is 6.66. The number of carbonyl (C=O) groups excluding carboxylic acids is 3. The van der Waals surface area contributed by atoms with Crippen LogP contribution in [0.25, 0.3) is 0 Å². The van der Waals surface area contributed by atoms with E-state index in [-0.39, 0.29) is 34.1 Å². The lowest BCUT2D eigenvalue weighted by Gasteiger charge is -2.33. The second kappa shape index (κ2) is 11.3. The molecule has 9 nitrogen and oxygen atoms in total. The third kappa shape index (κ3) is 5.85. The van der Waals surface area contributed by atoms with E-state index in [0.717, 1.165) is 37.2 Å². The van der Waals surface area contributed by atoms with Gasteiger partial charge in [-0.1, -0.05) is 26.7 Å². The number of primary amides is 1. The van der Waals surface area contributed by atoms with Gasteiger partial charge in [-0.25, -0.2) is 0 Å². The summed E-state index contributed by atoms with van der Waals surface area (Å²) in [4.78, 5) is 40.5. The van der Waals surface area contributed by atoms with E-state index in [2.05, 4.69) is 9.69 Å². The summed E-state index contributed by atoms with van der Waals surface area (Å²) in [7, 11) is 0. The van der Waals surface area contributed by atoms with Gasteiger partial charge in [0, 0.05) is 11.7 Å². The predicted octanol–water partition coefficient (Wildman–Crippen LogP) is 3.34. The molecule has 0 spiro atoms. The normalized spacial score (nSPS) is 14.7. The molecule has 1 fully saturated rings. The molecule has 1 aromatic carbocycles. The second-order valence-electron chi connectivity index (χ2n) is 8.88. The molecule has 3 rings (SSSR count). The summed E-state index contributed by atoms with van der Waals surface area (Å²) in [6, 6.07) is 6.33. The van der Waals surface area contributed by atoms with Gasteiger partial charge in [0.2, 0.25) is 5.91 Å². The molecule has 1 aromatic heterocycles. The van der Waals surface area contributed by atoms with E-state index in [9.17, 15) is 14.4 Å². The van der Waals surface area contributed by atoms with Crippen molar-refractivity contribution in [2.24, 2.45) is 11.7 Å². The van der Waals surface area contributed by atoms with Gasteiger partial charge in [-0.05, 0) is 67.9 Å². The van der Waals surface area contributed by atoms with Gasteiger partial charge in [0.15, 0.2) is 5.69 Å². The number of aromatic nitrogens is 1. The van der Waals surface area contributed by atoms with Crippen LogP contribution in [0, 0.1) is 5.92 Å². The molecule has 5 N–H and O–H groups in total. The number of nitrogens with zero attached hydrogens (tertiary/aromatic N) is 2. The number of amides is 3. The predicted molar refractivity (Wildman–Crippen MR) is 133 cm³/mol. The van der Waals surface area contributed by atoms with Gasteiger partial charge in [-0.15, -0.1) is 0 Å². The van der Waals surface area contributed by atoms with E-state index in [1.54, 1.807) is 24.3 Å².